The van der Waals surface area contributed by atoms with Crippen LogP contribution in [0.15, 0.2) is 24.3 Å². The first-order valence-electron chi connectivity index (χ1n) is 6.23. The van der Waals surface area contributed by atoms with Gasteiger partial charge in [-0.15, -0.1) is 0 Å². The van der Waals surface area contributed by atoms with Crippen LogP contribution in [-0.2, 0) is 21.3 Å². The van der Waals surface area contributed by atoms with E-state index in [1.165, 1.54) is 4.31 Å². The van der Waals surface area contributed by atoms with Crippen molar-refractivity contribution in [3.05, 3.63) is 29.8 Å². The summed E-state index contributed by atoms with van der Waals surface area (Å²) in [6, 6.07) is 7.29. The molecule has 1 aromatic rings. The van der Waals surface area contributed by atoms with Crippen LogP contribution < -0.4 is 4.74 Å². The van der Waals surface area contributed by atoms with Gasteiger partial charge in [-0.25, -0.2) is 8.42 Å². The van der Waals surface area contributed by atoms with Crippen LogP contribution in [0.5, 0.6) is 5.75 Å². The Hall–Kier alpha value is -1.11. The molecule has 1 fully saturated rings. The van der Waals surface area contributed by atoms with E-state index in [1.54, 1.807) is 7.11 Å². The molecule has 5 nitrogen and oxygen atoms in total. The van der Waals surface area contributed by atoms with Crippen LogP contribution in [0.3, 0.4) is 0 Å². The molecule has 1 heterocycles. The fourth-order valence-corrected chi connectivity index (χ4v) is 3.58. The Balaban J connectivity index is 2.18. The SMILES string of the molecule is COc1ccc(CN2[C@@H](C)COCCS2(=O)=O)cc1. The van der Waals surface area contributed by atoms with Crippen LogP contribution in [0.25, 0.3) is 0 Å². The monoisotopic (exact) mass is 285 g/mol. The quantitative estimate of drug-likeness (QED) is 0.838. The van der Waals surface area contributed by atoms with E-state index in [4.69, 9.17) is 9.47 Å². The zero-order chi connectivity index (χ0) is 13.9. The maximum atomic E-state index is 12.2. The fraction of sp³-hybridized carbons (Fsp3) is 0.538. The molecule has 1 aliphatic heterocycles. The van der Waals surface area contributed by atoms with Gasteiger partial charge in [-0.05, 0) is 24.6 Å². The Bertz CT molecular complexity index is 512. The minimum Gasteiger partial charge on any atom is -0.497 e. The molecule has 106 valence electrons. The molecule has 0 unspecified atom stereocenters. The lowest BCUT2D eigenvalue weighted by Gasteiger charge is -2.25. The summed E-state index contributed by atoms with van der Waals surface area (Å²) in [5.74, 6) is 0.812. The van der Waals surface area contributed by atoms with Gasteiger partial charge in [0.15, 0.2) is 0 Å². The number of benzene rings is 1. The first-order chi connectivity index (χ1) is 9.03. The van der Waals surface area contributed by atoms with Gasteiger partial charge in [0.2, 0.25) is 10.0 Å². The Morgan fingerprint density at radius 2 is 2.05 bits per heavy atom. The summed E-state index contributed by atoms with van der Waals surface area (Å²) in [6.07, 6.45) is 0. The Labute approximate surface area is 114 Å². The maximum Gasteiger partial charge on any atom is 0.217 e. The van der Waals surface area contributed by atoms with Crippen molar-refractivity contribution in [1.29, 1.82) is 0 Å². The number of nitrogens with zero attached hydrogens (tertiary/aromatic N) is 1. The van der Waals surface area contributed by atoms with Crippen LogP contribution in [0.4, 0.5) is 0 Å². The highest BCUT2D eigenvalue weighted by Gasteiger charge is 2.30. The lowest BCUT2D eigenvalue weighted by atomic mass is 10.2. The van der Waals surface area contributed by atoms with E-state index in [0.29, 0.717) is 13.2 Å². The van der Waals surface area contributed by atoms with Crippen molar-refractivity contribution in [1.82, 2.24) is 4.31 Å². The average Bonchev–Trinajstić information content (AvgIpc) is 2.52. The molecule has 0 amide bonds. The zero-order valence-corrected chi connectivity index (χ0v) is 12.0. The minimum atomic E-state index is -3.25. The third kappa shape index (κ3) is 3.46. The van der Waals surface area contributed by atoms with Crippen molar-refractivity contribution >= 4 is 10.0 Å². The highest BCUT2D eigenvalue weighted by molar-refractivity contribution is 7.89. The van der Waals surface area contributed by atoms with Crippen molar-refractivity contribution in [3.63, 3.8) is 0 Å². The topological polar surface area (TPSA) is 55.8 Å². The normalized spacial score (nSPS) is 23.8. The number of rotatable bonds is 3. The van der Waals surface area contributed by atoms with Gasteiger partial charge in [0, 0.05) is 12.6 Å². The number of hydrogen-bond donors (Lipinski definition) is 0. The summed E-state index contributed by atoms with van der Waals surface area (Å²) in [5.41, 5.74) is 0.943. The van der Waals surface area contributed by atoms with Crippen molar-refractivity contribution < 1.29 is 17.9 Å². The minimum absolute atomic E-state index is 0.0491. The molecule has 1 aliphatic rings. The standard InChI is InChI=1S/C13H19NO4S/c1-11-10-18-7-8-19(15,16)14(11)9-12-3-5-13(17-2)6-4-12/h3-6,11H,7-10H2,1-2H3/t11-/m0/s1. The molecule has 0 N–H and O–H groups in total. The van der Waals surface area contributed by atoms with Crippen LogP contribution in [-0.4, -0.2) is 44.8 Å². The van der Waals surface area contributed by atoms with Crippen LogP contribution in [0, 0.1) is 0 Å². The molecule has 0 bridgehead atoms. The van der Waals surface area contributed by atoms with Gasteiger partial charge in [0.25, 0.3) is 0 Å². The van der Waals surface area contributed by atoms with Crippen LogP contribution in [0.1, 0.15) is 12.5 Å². The van der Waals surface area contributed by atoms with Crippen LogP contribution in [0.2, 0.25) is 0 Å². The average molecular weight is 285 g/mol. The van der Waals surface area contributed by atoms with E-state index >= 15 is 0 Å². The van der Waals surface area contributed by atoms with E-state index in [1.807, 2.05) is 31.2 Å². The summed E-state index contributed by atoms with van der Waals surface area (Å²) < 4.78 is 36.2. The van der Waals surface area contributed by atoms with E-state index < -0.39 is 10.0 Å². The number of sulfonamides is 1. The largest absolute Gasteiger partial charge is 0.497 e. The Morgan fingerprint density at radius 3 is 2.68 bits per heavy atom. The van der Waals surface area contributed by atoms with E-state index in [-0.39, 0.29) is 18.4 Å². The molecular weight excluding hydrogens is 266 g/mol. The lowest BCUT2D eigenvalue weighted by Crippen LogP contribution is -2.39. The third-order valence-electron chi connectivity index (χ3n) is 3.19. The Kier molecular flexibility index (Phi) is 4.44. The van der Waals surface area contributed by atoms with Gasteiger partial charge in [0.1, 0.15) is 5.75 Å². The van der Waals surface area contributed by atoms with Gasteiger partial charge < -0.3 is 9.47 Å². The summed E-state index contributed by atoms with van der Waals surface area (Å²) in [4.78, 5) is 0. The predicted molar refractivity (Wildman–Crippen MR) is 72.6 cm³/mol. The molecule has 0 aromatic heterocycles. The second-order valence-electron chi connectivity index (χ2n) is 4.63. The van der Waals surface area contributed by atoms with Gasteiger partial charge in [-0.3, -0.25) is 0 Å². The molecular formula is C13H19NO4S. The summed E-state index contributed by atoms with van der Waals surface area (Å²) in [5, 5.41) is 0. The second kappa shape index (κ2) is 5.90. The first kappa shape index (κ1) is 14.3. The molecule has 0 radical (unpaired) electrons. The van der Waals surface area contributed by atoms with Gasteiger partial charge in [-0.2, -0.15) is 4.31 Å². The fourth-order valence-electron chi connectivity index (χ4n) is 2.06. The van der Waals surface area contributed by atoms with E-state index in [9.17, 15) is 8.42 Å². The zero-order valence-electron chi connectivity index (χ0n) is 11.2. The molecule has 2 rings (SSSR count). The molecule has 1 saturated heterocycles. The highest BCUT2D eigenvalue weighted by Crippen LogP contribution is 2.19. The lowest BCUT2D eigenvalue weighted by molar-refractivity contribution is 0.116. The van der Waals surface area contributed by atoms with E-state index in [0.717, 1.165) is 11.3 Å². The van der Waals surface area contributed by atoms with Crippen molar-refractivity contribution in [2.75, 3.05) is 26.1 Å². The Morgan fingerprint density at radius 1 is 1.37 bits per heavy atom. The van der Waals surface area contributed by atoms with Gasteiger partial charge >= 0.3 is 0 Å². The van der Waals surface area contributed by atoms with E-state index in [2.05, 4.69) is 0 Å². The molecule has 0 saturated carbocycles. The first-order valence-corrected chi connectivity index (χ1v) is 7.84. The number of hydrogen-bond acceptors (Lipinski definition) is 4. The summed E-state index contributed by atoms with van der Waals surface area (Å²) >= 11 is 0. The predicted octanol–water partition coefficient (Wildman–Crippen LogP) is 1.25. The van der Waals surface area contributed by atoms with Crippen LogP contribution >= 0.6 is 0 Å². The smallest absolute Gasteiger partial charge is 0.217 e. The second-order valence-corrected chi connectivity index (χ2v) is 6.67. The summed E-state index contributed by atoms with van der Waals surface area (Å²) in [6.45, 7) is 2.95. The molecule has 0 aliphatic carbocycles. The number of methoxy groups -OCH3 is 1. The van der Waals surface area contributed by atoms with Gasteiger partial charge in [0.05, 0.1) is 26.1 Å². The third-order valence-corrected chi connectivity index (χ3v) is 5.08. The number of ether oxygens (including phenoxy) is 2. The molecule has 1 atom stereocenters. The van der Waals surface area contributed by atoms with Gasteiger partial charge in [-0.1, -0.05) is 12.1 Å². The molecule has 0 spiro atoms. The van der Waals surface area contributed by atoms with Crippen molar-refractivity contribution in [2.24, 2.45) is 0 Å². The van der Waals surface area contributed by atoms with Crippen molar-refractivity contribution in [2.45, 2.75) is 19.5 Å². The molecule has 6 heteroatoms. The maximum absolute atomic E-state index is 12.2. The molecule has 19 heavy (non-hydrogen) atoms. The highest BCUT2D eigenvalue weighted by atomic mass is 32.2. The van der Waals surface area contributed by atoms with Crippen molar-refractivity contribution in [3.8, 4) is 5.75 Å². The molecule has 1 aromatic carbocycles. The summed E-state index contributed by atoms with van der Waals surface area (Å²) in [7, 11) is -1.64.